The highest BCUT2D eigenvalue weighted by Crippen LogP contribution is 2.26. The fraction of sp³-hybridized carbons (Fsp3) is 0.250. The summed E-state index contributed by atoms with van der Waals surface area (Å²) >= 11 is 6.70. The minimum Gasteiger partial charge on any atom is -0.452 e. The van der Waals surface area contributed by atoms with E-state index in [1.54, 1.807) is 6.20 Å². The van der Waals surface area contributed by atoms with Gasteiger partial charge in [-0.05, 0) is 57.0 Å². The van der Waals surface area contributed by atoms with Crippen molar-refractivity contribution in [3.63, 3.8) is 0 Å². The lowest BCUT2D eigenvalue weighted by Crippen LogP contribution is -2.18. The summed E-state index contributed by atoms with van der Waals surface area (Å²) in [6, 6.07) is 8.05. The Kier molecular flexibility index (Phi) is 4.36. The lowest BCUT2D eigenvalue weighted by Gasteiger charge is -2.11. The minimum absolute atomic E-state index is 0.193. The summed E-state index contributed by atoms with van der Waals surface area (Å²) in [5, 5.41) is 3.36. The summed E-state index contributed by atoms with van der Waals surface area (Å²) in [7, 11) is 0. The summed E-state index contributed by atoms with van der Waals surface area (Å²) in [4.78, 5) is 4.30. The number of hydrogen-bond acceptors (Lipinski definition) is 3. The maximum atomic E-state index is 5.49. The number of rotatable bonds is 4. The van der Waals surface area contributed by atoms with Crippen molar-refractivity contribution < 1.29 is 4.42 Å². The lowest BCUT2D eigenvalue weighted by atomic mass is 10.2. The summed E-state index contributed by atoms with van der Waals surface area (Å²) in [5.74, 6) is 0.881. The average Bonchev–Trinajstić information content (AvgIpc) is 2.67. The van der Waals surface area contributed by atoms with Crippen molar-refractivity contribution in [2.45, 2.75) is 19.5 Å². The first-order valence-electron chi connectivity index (χ1n) is 5.25. The van der Waals surface area contributed by atoms with Gasteiger partial charge < -0.3 is 9.73 Å². The molecular formula is C12H12Br2N2O. The van der Waals surface area contributed by atoms with Crippen LogP contribution in [-0.4, -0.2) is 4.98 Å². The Hall–Kier alpha value is -0.650. The maximum Gasteiger partial charge on any atom is 0.183 e. The molecule has 2 aromatic rings. The first-order chi connectivity index (χ1) is 8.16. The van der Waals surface area contributed by atoms with Gasteiger partial charge in [-0.25, -0.2) is 0 Å². The molecule has 17 heavy (non-hydrogen) atoms. The predicted octanol–water partition coefficient (Wildman–Crippen LogP) is 4.05. The summed E-state index contributed by atoms with van der Waals surface area (Å²) < 4.78 is 7.14. The van der Waals surface area contributed by atoms with Gasteiger partial charge in [0, 0.05) is 12.2 Å². The van der Waals surface area contributed by atoms with Gasteiger partial charge in [0.1, 0.15) is 5.76 Å². The molecule has 5 heteroatoms. The van der Waals surface area contributed by atoms with Crippen LogP contribution in [0.2, 0.25) is 0 Å². The van der Waals surface area contributed by atoms with E-state index in [0.717, 1.165) is 20.6 Å². The fourth-order valence-corrected chi connectivity index (χ4v) is 2.13. The van der Waals surface area contributed by atoms with Gasteiger partial charge in [-0.15, -0.1) is 0 Å². The molecule has 0 saturated carbocycles. The Morgan fingerprint density at radius 3 is 2.82 bits per heavy atom. The Balaban J connectivity index is 1.94. The Morgan fingerprint density at radius 2 is 2.24 bits per heavy atom. The highest BCUT2D eigenvalue weighted by molar-refractivity contribution is 9.13. The van der Waals surface area contributed by atoms with Crippen LogP contribution in [-0.2, 0) is 6.54 Å². The molecule has 0 saturated heterocycles. The van der Waals surface area contributed by atoms with Crippen LogP contribution in [0.25, 0.3) is 0 Å². The van der Waals surface area contributed by atoms with Gasteiger partial charge in [-0.1, -0.05) is 6.07 Å². The number of halogens is 2. The molecule has 2 rings (SSSR count). The normalized spacial score (nSPS) is 12.6. The third-order valence-corrected chi connectivity index (χ3v) is 4.12. The number of pyridine rings is 1. The summed E-state index contributed by atoms with van der Waals surface area (Å²) in [6.07, 6.45) is 1.80. The lowest BCUT2D eigenvalue weighted by molar-refractivity contribution is 0.443. The maximum absolute atomic E-state index is 5.49. The molecule has 0 amide bonds. The minimum atomic E-state index is 0.193. The number of hydrogen-bond donors (Lipinski definition) is 1. The van der Waals surface area contributed by atoms with Gasteiger partial charge in [0.05, 0.1) is 16.7 Å². The van der Waals surface area contributed by atoms with E-state index < -0.39 is 0 Å². The van der Waals surface area contributed by atoms with Gasteiger partial charge in [-0.3, -0.25) is 4.98 Å². The predicted molar refractivity (Wildman–Crippen MR) is 73.6 cm³/mol. The molecule has 0 aromatic carbocycles. The highest BCUT2D eigenvalue weighted by atomic mass is 79.9. The average molecular weight is 360 g/mol. The second-order valence-electron chi connectivity index (χ2n) is 3.69. The molecule has 0 radical (unpaired) electrons. The molecule has 2 aromatic heterocycles. The molecule has 0 fully saturated rings. The molecule has 1 unspecified atom stereocenters. The van der Waals surface area contributed by atoms with E-state index in [1.807, 2.05) is 24.3 Å². The van der Waals surface area contributed by atoms with E-state index in [4.69, 9.17) is 4.42 Å². The number of nitrogens with zero attached hydrogens (tertiary/aromatic N) is 1. The van der Waals surface area contributed by atoms with E-state index in [1.165, 1.54) is 0 Å². The van der Waals surface area contributed by atoms with E-state index >= 15 is 0 Å². The molecule has 1 atom stereocenters. The largest absolute Gasteiger partial charge is 0.452 e. The van der Waals surface area contributed by atoms with Crippen molar-refractivity contribution in [2.75, 3.05) is 0 Å². The van der Waals surface area contributed by atoms with Crippen LogP contribution in [0.5, 0.6) is 0 Å². The summed E-state index contributed by atoms with van der Waals surface area (Å²) in [5.41, 5.74) is 1.03. The van der Waals surface area contributed by atoms with Crippen molar-refractivity contribution in [3.05, 3.63) is 51.1 Å². The number of furan rings is 1. The topological polar surface area (TPSA) is 38.1 Å². The van der Waals surface area contributed by atoms with Crippen molar-refractivity contribution in [2.24, 2.45) is 0 Å². The Bertz CT molecular complexity index is 465. The smallest absolute Gasteiger partial charge is 0.183 e. The first-order valence-corrected chi connectivity index (χ1v) is 6.83. The molecular weight excluding hydrogens is 348 g/mol. The molecule has 2 heterocycles. The quantitative estimate of drug-likeness (QED) is 0.894. The van der Waals surface area contributed by atoms with Crippen molar-refractivity contribution in [1.29, 1.82) is 0 Å². The van der Waals surface area contributed by atoms with Crippen molar-refractivity contribution in [1.82, 2.24) is 10.3 Å². The third kappa shape index (κ3) is 3.40. The zero-order valence-electron chi connectivity index (χ0n) is 9.28. The molecule has 0 spiro atoms. The molecule has 1 N–H and O–H groups in total. The summed E-state index contributed by atoms with van der Waals surface area (Å²) in [6.45, 7) is 2.75. The van der Waals surface area contributed by atoms with Crippen molar-refractivity contribution in [3.8, 4) is 0 Å². The van der Waals surface area contributed by atoms with Crippen LogP contribution in [0.4, 0.5) is 0 Å². The van der Waals surface area contributed by atoms with Crippen LogP contribution in [0.3, 0.4) is 0 Å². The van der Waals surface area contributed by atoms with Crippen LogP contribution in [0.15, 0.2) is 44.0 Å². The number of aromatic nitrogens is 1. The zero-order chi connectivity index (χ0) is 12.3. The number of nitrogens with one attached hydrogen (secondary N) is 1. The van der Waals surface area contributed by atoms with Crippen LogP contribution in [0.1, 0.15) is 24.4 Å². The van der Waals surface area contributed by atoms with E-state index in [0.29, 0.717) is 6.54 Å². The molecule has 0 bridgehead atoms. The van der Waals surface area contributed by atoms with Crippen LogP contribution >= 0.6 is 31.9 Å². The van der Waals surface area contributed by atoms with E-state index in [2.05, 4.69) is 49.1 Å². The van der Waals surface area contributed by atoms with Crippen LogP contribution < -0.4 is 5.32 Å². The standard InChI is InChI=1S/C12H12Br2N2O/c1-8(11-4-2-3-5-15-11)16-7-9-6-10(13)12(14)17-9/h2-6,8,16H,7H2,1H3. The fourth-order valence-electron chi connectivity index (χ4n) is 1.47. The highest BCUT2D eigenvalue weighted by Gasteiger charge is 2.09. The molecule has 0 aliphatic rings. The Morgan fingerprint density at radius 1 is 1.41 bits per heavy atom. The first kappa shape index (κ1) is 12.8. The van der Waals surface area contributed by atoms with Gasteiger partial charge in [0.15, 0.2) is 4.67 Å². The second kappa shape index (κ2) is 5.80. The Labute approximate surface area is 117 Å². The van der Waals surface area contributed by atoms with Gasteiger partial charge >= 0.3 is 0 Å². The molecule has 3 nitrogen and oxygen atoms in total. The van der Waals surface area contributed by atoms with E-state index in [-0.39, 0.29) is 6.04 Å². The van der Waals surface area contributed by atoms with E-state index in [9.17, 15) is 0 Å². The SMILES string of the molecule is CC(NCc1cc(Br)c(Br)o1)c1ccccn1. The van der Waals surface area contributed by atoms with Gasteiger partial charge in [0.2, 0.25) is 0 Å². The van der Waals surface area contributed by atoms with Gasteiger partial charge in [0.25, 0.3) is 0 Å². The van der Waals surface area contributed by atoms with Crippen molar-refractivity contribution >= 4 is 31.9 Å². The van der Waals surface area contributed by atoms with Crippen LogP contribution in [0, 0.1) is 0 Å². The zero-order valence-corrected chi connectivity index (χ0v) is 12.5. The molecule has 0 aliphatic heterocycles. The van der Waals surface area contributed by atoms with Gasteiger partial charge in [-0.2, -0.15) is 0 Å². The molecule has 90 valence electrons. The molecule has 0 aliphatic carbocycles. The monoisotopic (exact) mass is 358 g/mol. The third-order valence-electron chi connectivity index (χ3n) is 2.41. The second-order valence-corrected chi connectivity index (χ2v) is 5.27.